The average Bonchev–Trinajstić information content (AvgIpc) is 2.39. The summed E-state index contributed by atoms with van der Waals surface area (Å²) in [5.74, 6) is 0.127. The number of aryl methyl sites for hydroxylation is 1. The molecule has 1 N–H and O–H groups in total. The lowest BCUT2D eigenvalue weighted by Gasteiger charge is -2.37. The Morgan fingerprint density at radius 2 is 2.11 bits per heavy atom. The molecule has 0 atom stereocenters. The Morgan fingerprint density at radius 1 is 1.39 bits per heavy atom. The smallest absolute Gasteiger partial charge is 0.241 e. The Balaban J connectivity index is 2.47. The third kappa shape index (κ3) is 2.59. The van der Waals surface area contributed by atoms with Gasteiger partial charge in [-0.05, 0) is 67.4 Å². The van der Waals surface area contributed by atoms with Crippen molar-refractivity contribution < 1.29 is 4.79 Å². The molecule has 0 unspecified atom stereocenters. The van der Waals surface area contributed by atoms with Gasteiger partial charge >= 0.3 is 0 Å². The second kappa shape index (κ2) is 5.02. The fourth-order valence-corrected chi connectivity index (χ4v) is 3.04. The van der Waals surface area contributed by atoms with Gasteiger partial charge in [-0.25, -0.2) is 0 Å². The number of benzene rings is 1. The molecule has 0 radical (unpaired) electrons. The molecule has 0 aliphatic carbocycles. The van der Waals surface area contributed by atoms with Crippen LogP contribution < -0.4 is 10.2 Å². The molecule has 1 fully saturated rings. The number of hydrogen-bond acceptors (Lipinski definition) is 2. The van der Waals surface area contributed by atoms with Gasteiger partial charge in [0.1, 0.15) is 0 Å². The van der Waals surface area contributed by atoms with Crippen LogP contribution >= 0.6 is 15.9 Å². The third-order valence-corrected chi connectivity index (χ3v) is 4.02. The largest absolute Gasteiger partial charge is 0.308 e. The normalized spacial score (nSPS) is 19.8. The molecule has 4 heteroatoms. The molecular formula is C14H19BrN2O. The maximum absolute atomic E-state index is 12.3. The zero-order chi connectivity index (χ0) is 13.3. The van der Waals surface area contributed by atoms with E-state index < -0.39 is 0 Å². The van der Waals surface area contributed by atoms with Crippen molar-refractivity contribution in [2.75, 3.05) is 18.0 Å². The number of hydrogen-bond donors (Lipinski definition) is 1. The minimum Gasteiger partial charge on any atom is -0.308 e. The van der Waals surface area contributed by atoms with Crippen LogP contribution in [0.4, 0.5) is 5.69 Å². The topological polar surface area (TPSA) is 32.3 Å². The first-order valence-corrected chi connectivity index (χ1v) is 7.01. The van der Waals surface area contributed by atoms with Crippen molar-refractivity contribution in [1.82, 2.24) is 5.32 Å². The maximum Gasteiger partial charge on any atom is 0.241 e. The lowest BCUT2D eigenvalue weighted by atomic mass is 9.97. The van der Waals surface area contributed by atoms with Crippen LogP contribution in [-0.4, -0.2) is 24.5 Å². The van der Waals surface area contributed by atoms with Crippen molar-refractivity contribution in [3.8, 4) is 0 Å². The van der Waals surface area contributed by atoms with E-state index in [9.17, 15) is 4.79 Å². The predicted octanol–water partition coefficient (Wildman–Crippen LogP) is 2.86. The number of rotatable bonds is 1. The van der Waals surface area contributed by atoms with E-state index in [1.54, 1.807) is 0 Å². The van der Waals surface area contributed by atoms with Crippen LogP contribution in [0.3, 0.4) is 0 Å². The van der Waals surface area contributed by atoms with Crippen LogP contribution in [0.1, 0.15) is 25.8 Å². The van der Waals surface area contributed by atoms with Gasteiger partial charge in [-0.1, -0.05) is 6.07 Å². The molecule has 1 aliphatic heterocycles. The zero-order valence-corrected chi connectivity index (χ0v) is 12.7. The Morgan fingerprint density at radius 3 is 2.78 bits per heavy atom. The minimum absolute atomic E-state index is 0.127. The lowest BCUT2D eigenvalue weighted by molar-refractivity contribution is -0.118. The van der Waals surface area contributed by atoms with Gasteiger partial charge in [-0.3, -0.25) is 4.79 Å². The Kier molecular flexibility index (Phi) is 3.78. The molecule has 1 saturated heterocycles. The Labute approximate surface area is 117 Å². The van der Waals surface area contributed by atoms with Crippen LogP contribution in [-0.2, 0) is 4.79 Å². The highest BCUT2D eigenvalue weighted by atomic mass is 79.9. The molecule has 1 aromatic rings. The van der Waals surface area contributed by atoms with Crippen LogP contribution in [0, 0.1) is 6.92 Å². The Bertz CT molecular complexity index is 471. The molecule has 1 amide bonds. The summed E-state index contributed by atoms with van der Waals surface area (Å²) in [5.41, 5.74) is 1.97. The van der Waals surface area contributed by atoms with E-state index in [-0.39, 0.29) is 11.4 Å². The number of anilines is 1. The standard InChI is InChI=1S/C14H19BrN2O/c1-10-4-5-12(11(15)8-10)17-13(18)9-16-7-6-14(17,2)3/h4-5,8,16H,6-7,9H2,1-3H3. The van der Waals surface area contributed by atoms with Crippen LogP contribution in [0.2, 0.25) is 0 Å². The van der Waals surface area contributed by atoms with E-state index in [1.165, 1.54) is 5.56 Å². The molecule has 1 aromatic carbocycles. The number of halogens is 1. The molecule has 0 aromatic heterocycles. The summed E-state index contributed by atoms with van der Waals surface area (Å²) in [5, 5.41) is 3.18. The number of nitrogens with one attached hydrogen (secondary N) is 1. The maximum atomic E-state index is 12.3. The number of amides is 1. The molecule has 0 spiro atoms. The van der Waals surface area contributed by atoms with Crippen molar-refractivity contribution in [2.45, 2.75) is 32.7 Å². The zero-order valence-electron chi connectivity index (χ0n) is 11.1. The minimum atomic E-state index is -0.168. The number of nitrogens with zero attached hydrogens (tertiary/aromatic N) is 1. The highest BCUT2D eigenvalue weighted by molar-refractivity contribution is 9.10. The van der Waals surface area contributed by atoms with E-state index in [1.807, 2.05) is 24.0 Å². The van der Waals surface area contributed by atoms with Gasteiger partial charge in [0, 0.05) is 10.0 Å². The molecule has 18 heavy (non-hydrogen) atoms. The fourth-order valence-electron chi connectivity index (χ4n) is 2.37. The van der Waals surface area contributed by atoms with Gasteiger partial charge in [-0.15, -0.1) is 0 Å². The summed E-state index contributed by atoms with van der Waals surface area (Å²) in [6, 6.07) is 6.11. The molecule has 98 valence electrons. The van der Waals surface area contributed by atoms with Gasteiger partial charge in [-0.2, -0.15) is 0 Å². The quantitative estimate of drug-likeness (QED) is 0.865. The van der Waals surface area contributed by atoms with Gasteiger partial charge in [0.05, 0.1) is 12.2 Å². The average molecular weight is 311 g/mol. The van der Waals surface area contributed by atoms with Crippen LogP contribution in [0.15, 0.2) is 22.7 Å². The van der Waals surface area contributed by atoms with Crippen molar-refractivity contribution in [3.63, 3.8) is 0 Å². The second-order valence-corrected chi connectivity index (χ2v) is 6.28. The third-order valence-electron chi connectivity index (χ3n) is 3.39. The number of carbonyl (C=O) groups excluding carboxylic acids is 1. The Hall–Kier alpha value is -0.870. The van der Waals surface area contributed by atoms with Gasteiger partial charge in [0.2, 0.25) is 5.91 Å². The van der Waals surface area contributed by atoms with Crippen molar-refractivity contribution >= 4 is 27.5 Å². The van der Waals surface area contributed by atoms with Crippen LogP contribution in [0.25, 0.3) is 0 Å². The summed E-state index contributed by atoms with van der Waals surface area (Å²) >= 11 is 3.57. The lowest BCUT2D eigenvalue weighted by Crippen LogP contribution is -2.48. The summed E-state index contributed by atoms with van der Waals surface area (Å²) in [6.45, 7) is 7.56. The summed E-state index contributed by atoms with van der Waals surface area (Å²) in [6.07, 6.45) is 0.944. The van der Waals surface area contributed by atoms with Crippen molar-refractivity contribution in [1.29, 1.82) is 0 Å². The first-order chi connectivity index (χ1) is 8.42. The van der Waals surface area contributed by atoms with E-state index in [2.05, 4.69) is 41.2 Å². The highest BCUT2D eigenvalue weighted by Gasteiger charge is 2.34. The van der Waals surface area contributed by atoms with Crippen LogP contribution in [0.5, 0.6) is 0 Å². The summed E-state index contributed by atoms with van der Waals surface area (Å²) in [7, 11) is 0. The summed E-state index contributed by atoms with van der Waals surface area (Å²) in [4.78, 5) is 14.2. The molecule has 3 nitrogen and oxygen atoms in total. The van der Waals surface area contributed by atoms with Gasteiger partial charge < -0.3 is 10.2 Å². The number of carbonyl (C=O) groups is 1. The van der Waals surface area contributed by atoms with E-state index in [4.69, 9.17) is 0 Å². The first kappa shape index (κ1) is 13.6. The van der Waals surface area contributed by atoms with Crippen molar-refractivity contribution in [3.05, 3.63) is 28.2 Å². The molecule has 1 aliphatic rings. The SMILES string of the molecule is Cc1ccc(N2C(=O)CNCCC2(C)C)c(Br)c1. The van der Waals surface area contributed by atoms with Gasteiger partial charge in [0.15, 0.2) is 0 Å². The second-order valence-electron chi connectivity index (χ2n) is 5.42. The molecule has 0 saturated carbocycles. The van der Waals surface area contributed by atoms with E-state index in [0.717, 1.165) is 23.1 Å². The molecule has 0 bridgehead atoms. The summed E-state index contributed by atoms with van der Waals surface area (Å²) < 4.78 is 0.978. The van der Waals surface area contributed by atoms with E-state index in [0.29, 0.717) is 6.54 Å². The highest BCUT2D eigenvalue weighted by Crippen LogP contribution is 2.34. The fraction of sp³-hybridized carbons (Fsp3) is 0.500. The predicted molar refractivity (Wildman–Crippen MR) is 77.9 cm³/mol. The van der Waals surface area contributed by atoms with Crippen molar-refractivity contribution in [2.24, 2.45) is 0 Å². The van der Waals surface area contributed by atoms with Gasteiger partial charge in [0.25, 0.3) is 0 Å². The molecule has 1 heterocycles. The molecule has 2 rings (SSSR count). The molecular weight excluding hydrogens is 292 g/mol. The first-order valence-electron chi connectivity index (χ1n) is 6.22. The van der Waals surface area contributed by atoms with E-state index >= 15 is 0 Å². The monoisotopic (exact) mass is 310 g/mol.